The van der Waals surface area contributed by atoms with Gasteiger partial charge in [0.25, 0.3) is 10.1 Å². The molecule has 2 rings (SSSR count). The first-order valence-electron chi connectivity index (χ1n) is 5.68. The average Bonchev–Trinajstić information content (AvgIpc) is 2.28. The van der Waals surface area contributed by atoms with Gasteiger partial charge in [-0.05, 0) is 19.4 Å². The first-order valence-corrected chi connectivity index (χ1v) is 7.15. The van der Waals surface area contributed by atoms with Crippen molar-refractivity contribution < 1.29 is 12.6 Å². The van der Waals surface area contributed by atoms with E-state index in [4.69, 9.17) is 4.18 Å². The zero-order chi connectivity index (χ0) is 12.9. The molecule has 17 heavy (non-hydrogen) atoms. The van der Waals surface area contributed by atoms with Crippen LogP contribution in [0, 0.1) is 5.41 Å². The van der Waals surface area contributed by atoms with Crippen molar-refractivity contribution in [3.05, 3.63) is 35.9 Å². The van der Waals surface area contributed by atoms with E-state index in [1.807, 2.05) is 58.0 Å². The maximum atomic E-state index is 12.2. The fourth-order valence-corrected chi connectivity index (χ4v) is 4.72. The van der Waals surface area contributed by atoms with Gasteiger partial charge in [-0.15, -0.1) is 0 Å². The highest BCUT2D eigenvalue weighted by Gasteiger charge is 2.59. The second-order valence-corrected chi connectivity index (χ2v) is 7.22. The van der Waals surface area contributed by atoms with Gasteiger partial charge in [-0.2, -0.15) is 8.42 Å². The smallest absolute Gasteiger partial charge is 0.263 e. The van der Waals surface area contributed by atoms with Crippen molar-refractivity contribution in [2.24, 2.45) is 5.41 Å². The molecule has 0 aromatic heterocycles. The van der Waals surface area contributed by atoms with Crippen LogP contribution in [-0.2, 0) is 14.3 Å². The normalized spacial score (nSPS) is 29.1. The van der Waals surface area contributed by atoms with Crippen molar-refractivity contribution in [2.45, 2.75) is 38.5 Å². The Bertz CT molecular complexity index is 515. The Balaban J connectivity index is 2.60. The molecular weight excluding hydrogens is 236 g/mol. The maximum Gasteiger partial charge on any atom is 0.275 e. The Morgan fingerprint density at radius 1 is 1.06 bits per heavy atom. The minimum atomic E-state index is -3.56. The lowest BCUT2D eigenvalue weighted by atomic mass is 9.73. The third kappa shape index (κ3) is 1.79. The molecule has 0 radical (unpaired) electrons. The van der Waals surface area contributed by atoms with Crippen LogP contribution >= 0.6 is 0 Å². The van der Waals surface area contributed by atoms with Crippen LogP contribution in [0.15, 0.2) is 30.3 Å². The molecule has 0 aliphatic carbocycles. The summed E-state index contributed by atoms with van der Waals surface area (Å²) < 4.78 is 29.6. The fourth-order valence-electron chi connectivity index (χ4n) is 2.33. The standard InChI is InChI=1S/C13H18O3S/c1-12(2)11(10-8-6-5-7-9-10)17(14,15)16-13(12,3)4/h5-9,11H,1-4H3. The molecule has 1 aromatic carbocycles. The Hall–Kier alpha value is -0.870. The largest absolute Gasteiger partial charge is 0.275 e. The Labute approximate surface area is 103 Å². The van der Waals surface area contributed by atoms with E-state index in [-0.39, 0.29) is 0 Å². The van der Waals surface area contributed by atoms with E-state index in [1.165, 1.54) is 0 Å². The molecule has 1 unspecified atom stereocenters. The van der Waals surface area contributed by atoms with Gasteiger partial charge in [-0.3, -0.25) is 4.18 Å². The Kier molecular flexibility index (Phi) is 2.64. The van der Waals surface area contributed by atoms with Crippen molar-refractivity contribution in [3.8, 4) is 0 Å². The molecule has 1 atom stereocenters. The molecule has 3 nitrogen and oxygen atoms in total. The molecule has 0 saturated carbocycles. The highest BCUT2D eigenvalue weighted by atomic mass is 32.2. The van der Waals surface area contributed by atoms with Crippen molar-refractivity contribution in [2.75, 3.05) is 0 Å². The van der Waals surface area contributed by atoms with Crippen molar-refractivity contribution >= 4 is 10.1 Å². The van der Waals surface area contributed by atoms with E-state index in [0.717, 1.165) is 5.56 Å². The quantitative estimate of drug-likeness (QED) is 0.724. The first-order chi connectivity index (χ1) is 7.68. The molecule has 0 amide bonds. The van der Waals surface area contributed by atoms with E-state index < -0.39 is 26.4 Å². The zero-order valence-electron chi connectivity index (χ0n) is 10.6. The third-order valence-electron chi connectivity index (χ3n) is 3.92. The van der Waals surface area contributed by atoms with Gasteiger partial charge in [-0.1, -0.05) is 44.2 Å². The van der Waals surface area contributed by atoms with Gasteiger partial charge in [0.15, 0.2) is 0 Å². The lowest BCUT2D eigenvalue weighted by Crippen LogP contribution is -2.37. The number of rotatable bonds is 1. The third-order valence-corrected chi connectivity index (χ3v) is 6.01. The molecule has 1 aliphatic heterocycles. The fraction of sp³-hybridized carbons (Fsp3) is 0.538. The van der Waals surface area contributed by atoms with Crippen molar-refractivity contribution in [3.63, 3.8) is 0 Å². The number of hydrogen-bond donors (Lipinski definition) is 0. The second-order valence-electron chi connectivity index (χ2n) is 5.60. The Morgan fingerprint density at radius 2 is 1.59 bits per heavy atom. The maximum absolute atomic E-state index is 12.2. The second kappa shape index (κ2) is 3.56. The zero-order valence-corrected chi connectivity index (χ0v) is 11.4. The summed E-state index contributed by atoms with van der Waals surface area (Å²) in [6, 6.07) is 9.27. The number of hydrogen-bond acceptors (Lipinski definition) is 3. The van der Waals surface area contributed by atoms with Crippen molar-refractivity contribution in [1.29, 1.82) is 0 Å². The summed E-state index contributed by atoms with van der Waals surface area (Å²) >= 11 is 0. The predicted octanol–water partition coefficient (Wildman–Crippen LogP) is 2.89. The van der Waals surface area contributed by atoms with Crippen LogP contribution in [0.5, 0.6) is 0 Å². The summed E-state index contributed by atoms with van der Waals surface area (Å²) in [5.74, 6) is 0. The summed E-state index contributed by atoms with van der Waals surface area (Å²) in [6.45, 7) is 7.53. The highest BCUT2D eigenvalue weighted by Crippen LogP contribution is 2.55. The predicted molar refractivity (Wildman–Crippen MR) is 67.0 cm³/mol. The van der Waals surface area contributed by atoms with E-state index in [0.29, 0.717) is 0 Å². The van der Waals surface area contributed by atoms with Crippen LogP contribution in [0.1, 0.15) is 38.5 Å². The van der Waals surface area contributed by atoms with Crippen molar-refractivity contribution in [1.82, 2.24) is 0 Å². The SMILES string of the molecule is CC1(C)OS(=O)(=O)C(c2ccccc2)C1(C)C. The van der Waals surface area contributed by atoms with Gasteiger partial charge in [0.1, 0.15) is 5.25 Å². The average molecular weight is 254 g/mol. The molecule has 0 spiro atoms. The molecular formula is C13H18O3S. The van der Waals surface area contributed by atoms with E-state index in [9.17, 15) is 8.42 Å². The molecule has 1 saturated heterocycles. The lowest BCUT2D eigenvalue weighted by Gasteiger charge is -2.34. The van der Waals surface area contributed by atoms with E-state index in [1.54, 1.807) is 0 Å². The summed E-state index contributed by atoms with van der Waals surface area (Å²) in [5.41, 5.74) is -0.359. The molecule has 4 heteroatoms. The molecule has 0 bridgehead atoms. The van der Waals surface area contributed by atoms with Crippen LogP contribution in [0.3, 0.4) is 0 Å². The summed E-state index contributed by atoms with van der Waals surface area (Å²) in [4.78, 5) is 0. The van der Waals surface area contributed by atoms with Gasteiger partial charge in [0.2, 0.25) is 0 Å². The van der Waals surface area contributed by atoms with E-state index >= 15 is 0 Å². The van der Waals surface area contributed by atoms with Crippen LogP contribution in [-0.4, -0.2) is 14.0 Å². The summed E-state index contributed by atoms with van der Waals surface area (Å²) in [5, 5.41) is -0.605. The molecule has 1 aromatic rings. The molecule has 1 heterocycles. The van der Waals surface area contributed by atoms with Gasteiger partial charge in [0.05, 0.1) is 5.60 Å². The molecule has 1 aliphatic rings. The Morgan fingerprint density at radius 3 is 2.00 bits per heavy atom. The van der Waals surface area contributed by atoms with Gasteiger partial charge < -0.3 is 0 Å². The first kappa shape index (κ1) is 12.6. The van der Waals surface area contributed by atoms with Gasteiger partial charge in [-0.25, -0.2) is 0 Å². The van der Waals surface area contributed by atoms with Gasteiger partial charge in [0, 0.05) is 5.41 Å². The van der Waals surface area contributed by atoms with Crippen LogP contribution in [0.4, 0.5) is 0 Å². The van der Waals surface area contributed by atoms with E-state index in [2.05, 4.69) is 0 Å². The highest BCUT2D eigenvalue weighted by molar-refractivity contribution is 7.87. The van der Waals surface area contributed by atoms with Crippen LogP contribution in [0.2, 0.25) is 0 Å². The molecule has 94 valence electrons. The van der Waals surface area contributed by atoms with Crippen LogP contribution in [0.25, 0.3) is 0 Å². The topological polar surface area (TPSA) is 43.4 Å². The monoisotopic (exact) mass is 254 g/mol. The molecule has 1 fully saturated rings. The lowest BCUT2D eigenvalue weighted by molar-refractivity contribution is 0.0316. The minimum Gasteiger partial charge on any atom is -0.263 e. The molecule has 0 N–H and O–H groups in total. The number of benzene rings is 1. The van der Waals surface area contributed by atoms with Crippen LogP contribution < -0.4 is 0 Å². The summed E-state index contributed by atoms with van der Waals surface area (Å²) in [7, 11) is -3.56. The minimum absolute atomic E-state index is 0.465. The summed E-state index contributed by atoms with van der Waals surface area (Å²) in [6.07, 6.45) is 0. The van der Waals surface area contributed by atoms with Gasteiger partial charge >= 0.3 is 0 Å².